The molecule has 1 aromatic carbocycles. The lowest BCUT2D eigenvalue weighted by atomic mass is 10.1. The van der Waals surface area contributed by atoms with Crippen LogP contribution in [0.1, 0.15) is 13.8 Å². The minimum Gasteiger partial charge on any atom is -0.432 e. The summed E-state index contributed by atoms with van der Waals surface area (Å²) in [6.45, 7) is 1.57. The molecule has 0 aliphatic heterocycles. The molecule has 0 aliphatic rings. The molecule has 2 amide bonds. The first kappa shape index (κ1) is 15.9. The first-order valence-electron chi connectivity index (χ1n) is 6.84. The van der Waals surface area contributed by atoms with Gasteiger partial charge in [-0.2, -0.15) is 8.78 Å². The van der Waals surface area contributed by atoms with E-state index in [0.717, 1.165) is 0 Å². The van der Waals surface area contributed by atoms with E-state index < -0.39 is 6.61 Å². The zero-order valence-electron chi connectivity index (χ0n) is 12.3. The van der Waals surface area contributed by atoms with Crippen molar-refractivity contribution in [1.29, 1.82) is 0 Å². The second kappa shape index (κ2) is 7.02. The number of alkyl halides is 2. The monoisotopic (exact) mass is 309 g/mol. The van der Waals surface area contributed by atoms with Gasteiger partial charge in [0.1, 0.15) is 5.52 Å². The number of carbonyl (C=O) groups is 1. The van der Waals surface area contributed by atoms with Gasteiger partial charge in [0.2, 0.25) is 0 Å². The van der Waals surface area contributed by atoms with Crippen LogP contribution in [0.2, 0.25) is 0 Å². The SMILES string of the molecule is CC(C)CNC(=O)Nc1ccc(OC(F)F)c2ncccc12. The number of pyridine rings is 1. The summed E-state index contributed by atoms with van der Waals surface area (Å²) >= 11 is 0. The first-order valence-corrected chi connectivity index (χ1v) is 6.84. The maximum absolute atomic E-state index is 12.4. The molecule has 1 aromatic heterocycles. The Balaban J connectivity index is 2.26. The maximum Gasteiger partial charge on any atom is 0.387 e. The molecule has 0 unspecified atom stereocenters. The zero-order valence-corrected chi connectivity index (χ0v) is 12.3. The van der Waals surface area contributed by atoms with E-state index >= 15 is 0 Å². The number of hydrogen-bond donors (Lipinski definition) is 2. The van der Waals surface area contributed by atoms with Crippen LogP contribution in [0.25, 0.3) is 10.9 Å². The number of fused-ring (bicyclic) bond motifs is 1. The number of halogens is 2. The molecular formula is C15H17F2N3O2. The summed E-state index contributed by atoms with van der Waals surface area (Å²) in [6.07, 6.45) is 1.48. The Bertz CT molecular complexity index is 662. The summed E-state index contributed by atoms with van der Waals surface area (Å²) in [5.41, 5.74) is 0.746. The van der Waals surface area contributed by atoms with Crippen molar-refractivity contribution in [3.63, 3.8) is 0 Å². The van der Waals surface area contributed by atoms with E-state index in [9.17, 15) is 13.6 Å². The number of benzene rings is 1. The minimum atomic E-state index is -2.93. The van der Waals surface area contributed by atoms with Gasteiger partial charge < -0.3 is 15.4 Å². The molecule has 0 aliphatic carbocycles. The topological polar surface area (TPSA) is 63.2 Å². The maximum atomic E-state index is 12.4. The molecule has 0 bridgehead atoms. The largest absolute Gasteiger partial charge is 0.432 e. The third-order valence-corrected chi connectivity index (χ3v) is 2.87. The lowest BCUT2D eigenvalue weighted by molar-refractivity contribution is -0.0489. The number of amides is 2. The van der Waals surface area contributed by atoms with Gasteiger partial charge in [-0.05, 0) is 30.2 Å². The summed E-state index contributed by atoms with van der Waals surface area (Å²) < 4.78 is 29.3. The number of hydrogen-bond acceptors (Lipinski definition) is 3. The Labute approximate surface area is 126 Å². The van der Waals surface area contributed by atoms with E-state index in [1.807, 2.05) is 13.8 Å². The van der Waals surface area contributed by atoms with E-state index in [-0.39, 0.29) is 17.3 Å². The van der Waals surface area contributed by atoms with Crippen molar-refractivity contribution in [2.75, 3.05) is 11.9 Å². The van der Waals surface area contributed by atoms with Gasteiger partial charge in [0.15, 0.2) is 5.75 Å². The number of ether oxygens (including phenoxy) is 1. The molecular weight excluding hydrogens is 292 g/mol. The highest BCUT2D eigenvalue weighted by Gasteiger charge is 2.13. The van der Waals surface area contributed by atoms with E-state index in [1.54, 1.807) is 12.1 Å². The molecule has 0 saturated carbocycles. The Hall–Kier alpha value is -2.44. The van der Waals surface area contributed by atoms with Crippen LogP contribution in [0, 0.1) is 5.92 Å². The summed E-state index contributed by atoms with van der Waals surface area (Å²) in [7, 11) is 0. The average Bonchev–Trinajstić information content (AvgIpc) is 2.47. The molecule has 0 fully saturated rings. The Morgan fingerprint density at radius 1 is 1.32 bits per heavy atom. The zero-order chi connectivity index (χ0) is 16.1. The van der Waals surface area contributed by atoms with Crippen molar-refractivity contribution in [1.82, 2.24) is 10.3 Å². The molecule has 22 heavy (non-hydrogen) atoms. The molecule has 1 heterocycles. The van der Waals surface area contributed by atoms with Crippen LogP contribution in [0.15, 0.2) is 30.5 Å². The van der Waals surface area contributed by atoms with Gasteiger partial charge in [0, 0.05) is 18.1 Å². The van der Waals surface area contributed by atoms with E-state index in [0.29, 0.717) is 23.5 Å². The normalized spacial score (nSPS) is 11.0. The van der Waals surface area contributed by atoms with Crippen LogP contribution in [0.5, 0.6) is 5.75 Å². The van der Waals surface area contributed by atoms with Crippen LogP contribution in [0.3, 0.4) is 0 Å². The highest BCUT2D eigenvalue weighted by Crippen LogP contribution is 2.30. The molecule has 2 aromatic rings. The molecule has 7 heteroatoms. The fraction of sp³-hybridized carbons (Fsp3) is 0.333. The van der Waals surface area contributed by atoms with E-state index in [1.165, 1.54) is 18.3 Å². The number of anilines is 1. The standard InChI is InChI=1S/C15H17F2N3O2/c1-9(2)8-19-15(21)20-11-5-6-12(22-14(16)17)13-10(11)4-3-7-18-13/h3-7,9,14H,8H2,1-2H3,(H2,19,20,21). The van der Waals surface area contributed by atoms with Crippen molar-refractivity contribution in [2.24, 2.45) is 5.92 Å². The molecule has 0 atom stereocenters. The molecule has 118 valence electrons. The molecule has 2 N–H and O–H groups in total. The van der Waals surface area contributed by atoms with Crippen molar-refractivity contribution in [3.05, 3.63) is 30.5 Å². The fourth-order valence-electron chi connectivity index (χ4n) is 1.91. The summed E-state index contributed by atoms with van der Waals surface area (Å²) in [5.74, 6) is 0.296. The predicted octanol–water partition coefficient (Wildman–Crippen LogP) is 3.61. The molecule has 0 saturated heterocycles. The Morgan fingerprint density at radius 2 is 2.09 bits per heavy atom. The van der Waals surface area contributed by atoms with Crippen LogP contribution < -0.4 is 15.4 Å². The van der Waals surface area contributed by atoms with Gasteiger partial charge in [-0.25, -0.2) is 4.79 Å². The Morgan fingerprint density at radius 3 is 2.77 bits per heavy atom. The third kappa shape index (κ3) is 4.03. The van der Waals surface area contributed by atoms with Gasteiger partial charge in [0.25, 0.3) is 0 Å². The van der Waals surface area contributed by atoms with Crippen LogP contribution >= 0.6 is 0 Å². The molecule has 0 radical (unpaired) electrons. The summed E-state index contributed by atoms with van der Waals surface area (Å²) in [6, 6.07) is 5.85. The van der Waals surface area contributed by atoms with Crippen molar-refractivity contribution >= 4 is 22.6 Å². The van der Waals surface area contributed by atoms with E-state index in [4.69, 9.17) is 0 Å². The number of carbonyl (C=O) groups excluding carboxylic acids is 1. The van der Waals surface area contributed by atoms with Crippen LogP contribution in [0.4, 0.5) is 19.3 Å². The third-order valence-electron chi connectivity index (χ3n) is 2.87. The van der Waals surface area contributed by atoms with Crippen molar-refractivity contribution in [3.8, 4) is 5.75 Å². The minimum absolute atomic E-state index is 0.0289. The Kier molecular flexibility index (Phi) is 5.08. The lowest BCUT2D eigenvalue weighted by Gasteiger charge is -2.13. The van der Waals surface area contributed by atoms with Crippen LogP contribution in [-0.2, 0) is 0 Å². The van der Waals surface area contributed by atoms with Gasteiger partial charge in [-0.3, -0.25) is 4.98 Å². The van der Waals surface area contributed by atoms with Crippen molar-refractivity contribution < 1.29 is 18.3 Å². The summed E-state index contributed by atoms with van der Waals surface area (Å²) in [4.78, 5) is 15.9. The van der Waals surface area contributed by atoms with Crippen LogP contribution in [-0.4, -0.2) is 24.2 Å². The van der Waals surface area contributed by atoms with Crippen molar-refractivity contribution in [2.45, 2.75) is 20.5 Å². The second-order valence-corrected chi connectivity index (χ2v) is 5.12. The quantitative estimate of drug-likeness (QED) is 0.887. The molecule has 5 nitrogen and oxygen atoms in total. The highest BCUT2D eigenvalue weighted by molar-refractivity contribution is 6.02. The van der Waals surface area contributed by atoms with Gasteiger partial charge >= 0.3 is 12.6 Å². The van der Waals surface area contributed by atoms with Gasteiger partial charge in [-0.1, -0.05) is 13.8 Å². The number of nitrogens with one attached hydrogen (secondary N) is 2. The number of aromatic nitrogens is 1. The predicted molar refractivity (Wildman–Crippen MR) is 80.2 cm³/mol. The lowest BCUT2D eigenvalue weighted by Crippen LogP contribution is -2.31. The fourth-order valence-corrected chi connectivity index (χ4v) is 1.91. The van der Waals surface area contributed by atoms with Gasteiger partial charge in [-0.15, -0.1) is 0 Å². The first-order chi connectivity index (χ1) is 10.5. The average molecular weight is 309 g/mol. The molecule has 0 spiro atoms. The summed E-state index contributed by atoms with van der Waals surface area (Å²) in [5, 5.41) is 5.94. The smallest absolute Gasteiger partial charge is 0.387 e. The number of nitrogens with zero attached hydrogens (tertiary/aromatic N) is 1. The van der Waals surface area contributed by atoms with Gasteiger partial charge in [0.05, 0.1) is 5.69 Å². The number of rotatable bonds is 5. The number of urea groups is 1. The van der Waals surface area contributed by atoms with E-state index in [2.05, 4.69) is 20.4 Å². The highest BCUT2D eigenvalue weighted by atomic mass is 19.3. The molecule has 2 rings (SSSR count). The second-order valence-electron chi connectivity index (χ2n) is 5.12.